The molecule has 4 rings (SSSR count). The van der Waals surface area contributed by atoms with E-state index in [4.69, 9.17) is 0 Å². The number of nitrogens with zero attached hydrogens (tertiary/aromatic N) is 3. The fraction of sp³-hybridized carbons (Fsp3) is 0.619. The minimum atomic E-state index is 0. The molecule has 5 nitrogen and oxygen atoms in total. The third-order valence-corrected chi connectivity index (χ3v) is 6.26. The van der Waals surface area contributed by atoms with Crippen molar-refractivity contribution >= 4 is 41.5 Å². The second-order valence-electron chi connectivity index (χ2n) is 7.93. The molecule has 1 aromatic carbocycles. The standard InChI is InChI=1S/C21H30N4O.HI/c1-22-21(24-14-17-5-2-3-6-18(17)15-24)23-13-16-8-10-19(11-9-16)25-12-4-7-20(25)26;/h8-11,17-18H,2-7,12-15H2,1H3,(H,22,23);1H. The molecule has 1 amide bonds. The molecule has 0 bridgehead atoms. The lowest BCUT2D eigenvalue weighted by atomic mass is 9.82. The molecule has 1 N–H and O–H groups in total. The van der Waals surface area contributed by atoms with E-state index in [1.165, 1.54) is 31.2 Å². The number of likely N-dealkylation sites (tertiary alicyclic amines) is 1. The van der Waals surface area contributed by atoms with E-state index in [-0.39, 0.29) is 29.9 Å². The maximum atomic E-state index is 11.9. The number of guanidine groups is 1. The molecule has 0 radical (unpaired) electrons. The molecular weight excluding hydrogens is 451 g/mol. The highest BCUT2D eigenvalue weighted by atomic mass is 127. The van der Waals surface area contributed by atoms with Gasteiger partial charge in [0.1, 0.15) is 0 Å². The highest BCUT2D eigenvalue weighted by Crippen LogP contribution is 2.36. The molecule has 0 spiro atoms. The summed E-state index contributed by atoms with van der Waals surface area (Å²) >= 11 is 0. The van der Waals surface area contributed by atoms with Gasteiger partial charge in [-0.1, -0.05) is 25.0 Å². The fourth-order valence-corrected chi connectivity index (χ4v) is 4.81. The number of carbonyl (C=O) groups excluding carboxylic acids is 1. The lowest BCUT2D eigenvalue weighted by Gasteiger charge is -2.22. The Bertz CT molecular complexity index is 661. The van der Waals surface area contributed by atoms with Crippen LogP contribution in [0.5, 0.6) is 0 Å². The summed E-state index contributed by atoms with van der Waals surface area (Å²) in [5.41, 5.74) is 2.24. The number of carbonyl (C=O) groups is 1. The van der Waals surface area contributed by atoms with Gasteiger partial charge in [-0.3, -0.25) is 9.79 Å². The van der Waals surface area contributed by atoms with E-state index in [1.807, 2.05) is 11.9 Å². The minimum Gasteiger partial charge on any atom is -0.352 e. The Morgan fingerprint density at radius 1 is 1.11 bits per heavy atom. The zero-order valence-electron chi connectivity index (χ0n) is 16.2. The number of hydrogen-bond donors (Lipinski definition) is 1. The highest BCUT2D eigenvalue weighted by molar-refractivity contribution is 14.0. The minimum absolute atomic E-state index is 0. The Morgan fingerprint density at radius 3 is 2.33 bits per heavy atom. The van der Waals surface area contributed by atoms with Crippen LogP contribution in [0.2, 0.25) is 0 Å². The zero-order chi connectivity index (χ0) is 17.9. The van der Waals surface area contributed by atoms with Crippen LogP contribution in [-0.2, 0) is 11.3 Å². The number of fused-ring (bicyclic) bond motifs is 1. The van der Waals surface area contributed by atoms with Crippen molar-refractivity contribution in [2.24, 2.45) is 16.8 Å². The number of anilines is 1. The zero-order valence-corrected chi connectivity index (χ0v) is 18.5. The second-order valence-corrected chi connectivity index (χ2v) is 7.93. The van der Waals surface area contributed by atoms with Crippen molar-refractivity contribution in [1.29, 1.82) is 0 Å². The van der Waals surface area contributed by atoms with Gasteiger partial charge in [-0.05, 0) is 48.8 Å². The predicted molar refractivity (Wildman–Crippen MR) is 121 cm³/mol. The first-order chi connectivity index (χ1) is 12.7. The largest absolute Gasteiger partial charge is 0.352 e. The summed E-state index contributed by atoms with van der Waals surface area (Å²) in [5.74, 6) is 2.99. The molecular formula is C21H31IN4O. The Hall–Kier alpha value is -1.31. The summed E-state index contributed by atoms with van der Waals surface area (Å²) in [4.78, 5) is 20.7. The molecule has 2 heterocycles. The topological polar surface area (TPSA) is 47.9 Å². The van der Waals surface area contributed by atoms with Crippen LogP contribution in [0.3, 0.4) is 0 Å². The number of halogens is 1. The molecule has 3 fully saturated rings. The van der Waals surface area contributed by atoms with Gasteiger partial charge in [-0.15, -0.1) is 24.0 Å². The summed E-state index contributed by atoms with van der Waals surface area (Å²) < 4.78 is 0. The Labute approximate surface area is 179 Å². The number of benzene rings is 1. The normalized spacial score (nSPS) is 25.4. The van der Waals surface area contributed by atoms with Crippen LogP contribution in [0.15, 0.2) is 29.3 Å². The molecule has 2 unspecified atom stereocenters. The van der Waals surface area contributed by atoms with E-state index in [0.717, 1.165) is 56.1 Å². The Balaban J connectivity index is 0.00000210. The Morgan fingerprint density at radius 2 is 1.78 bits per heavy atom. The molecule has 2 saturated heterocycles. The van der Waals surface area contributed by atoms with Gasteiger partial charge in [0.25, 0.3) is 0 Å². The van der Waals surface area contributed by atoms with Gasteiger partial charge in [-0.2, -0.15) is 0 Å². The lowest BCUT2D eigenvalue weighted by Crippen LogP contribution is -2.39. The highest BCUT2D eigenvalue weighted by Gasteiger charge is 2.35. The molecule has 27 heavy (non-hydrogen) atoms. The van der Waals surface area contributed by atoms with Gasteiger partial charge in [-0.25, -0.2) is 0 Å². The average molecular weight is 482 g/mol. The van der Waals surface area contributed by atoms with E-state index >= 15 is 0 Å². The van der Waals surface area contributed by atoms with E-state index in [9.17, 15) is 4.79 Å². The molecule has 1 aliphatic carbocycles. The monoisotopic (exact) mass is 482 g/mol. The first-order valence-corrected chi connectivity index (χ1v) is 10.1. The molecule has 2 atom stereocenters. The Kier molecular flexibility index (Phi) is 7.00. The predicted octanol–water partition coefficient (Wildman–Crippen LogP) is 3.63. The van der Waals surface area contributed by atoms with Crippen LogP contribution in [-0.4, -0.2) is 43.4 Å². The molecule has 1 aromatic rings. The molecule has 3 aliphatic rings. The number of amides is 1. The van der Waals surface area contributed by atoms with Crippen LogP contribution < -0.4 is 10.2 Å². The van der Waals surface area contributed by atoms with Crippen LogP contribution in [0.4, 0.5) is 5.69 Å². The molecule has 1 saturated carbocycles. The first-order valence-electron chi connectivity index (χ1n) is 10.1. The third kappa shape index (κ3) is 4.58. The van der Waals surface area contributed by atoms with Gasteiger partial charge in [0, 0.05) is 45.3 Å². The molecule has 148 valence electrons. The van der Waals surface area contributed by atoms with Gasteiger partial charge in [0.15, 0.2) is 5.96 Å². The van der Waals surface area contributed by atoms with Crippen molar-refractivity contribution in [2.45, 2.75) is 45.1 Å². The number of hydrogen-bond acceptors (Lipinski definition) is 2. The van der Waals surface area contributed by atoms with Gasteiger partial charge in [0.05, 0.1) is 0 Å². The van der Waals surface area contributed by atoms with Crippen molar-refractivity contribution in [3.8, 4) is 0 Å². The quantitative estimate of drug-likeness (QED) is 0.407. The SMILES string of the molecule is CN=C(NCc1ccc(N2CCCC2=O)cc1)N1CC2CCCCC2C1.I. The maximum Gasteiger partial charge on any atom is 0.227 e. The summed E-state index contributed by atoms with van der Waals surface area (Å²) in [6, 6.07) is 8.36. The van der Waals surface area contributed by atoms with E-state index in [2.05, 4.69) is 39.5 Å². The van der Waals surface area contributed by atoms with Gasteiger partial charge >= 0.3 is 0 Å². The van der Waals surface area contributed by atoms with Crippen molar-refractivity contribution < 1.29 is 4.79 Å². The van der Waals surface area contributed by atoms with Crippen LogP contribution in [0.25, 0.3) is 0 Å². The van der Waals surface area contributed by atoms with Crippen LogP contribution in [0, 0.1) is 11.8 Å². The second kappa shape index (κ2) is 9.26. The van der Waals surface area contributed by atoms with Crippen LogP contribution in [0.1, 0.15) is 44.1 Å². The fourth-order valence-electron chi connectivity index (χ4n) is 4.81. The number of nitrogens with one attached hydrogen (secondary N) is 1. The smallest absolute Gasteiger partial charge is 0.227 e. The lowest BCUT2D eigenvalue weighted by molar-refractivity contribution is -0.117. The summed E-state index contributed by atoms with van der Waals surface area (Å²) in [5, 5.41) is 3.53. The van der Waals surface area contributed by atoms with E-state index in [0.29, 0.717) is 6.42 Å². The molecule has 2 aliphatic heterocycles. The third-order valence-electron chi connectivity index (χ3n) is 6.26. The first kappa shape index (κ1) is 20.4. The van der Waals surface area contributed by atoms with Crippen molar-refractivity contribution in [3.63, 3.8) is 0 Å². The average Bonchev–Trinajstić information content (AvgIpc) is 3.29. The van der Waals surface area contributed by atoms with Gasteiger partial charge < -0.3 is 15.1 Å². The number of rotatable bonds is 3. The number of aliphatic imine (C=N–C) groups is 1. The molecule has 0 aromatic heterocycles. The summed E-state index contributed by atoms with van der Waals surface area (Å²) in [6.07, 6.45) is 7.21. The van der Waals surface area contributed by atoms with E-state index in [1.54, 1.807) is 0 Å². The van der Waals surface area contributed by atoms with Crippen molar-refractivity contribution in [2.75, 3.05) is 31.6 Å². The molecule has 6 heteroatoms. The van der Waals surface area contributed by atoms with E-state index < -0.39 is 0 Å². The summed E-state index contributed by atoms with van der Waals surface area (Å²) in [6.45, 7) is 3.92. The van der Waals surface area contributed by atoms with Crippen molar-refractivity contribution in [1.82, 2.24) is 10.2 Å². The van der Waals surface area contributed by atoms with Crippen LogP contribution >= 0.6 is 24.0 Å². The van der Waals surface area contributed by atoms with Crippen molar-refractivity contribution in [3.05, 3.63) is 29.8 Å². The summed E-state index contributed by atoms with van der Waals surface area (Å²) in [7, 11) is 1.88. The van der Waals surface area contributed by atoms with Gasteiger partial charge in [0.2, 0.25) is 5.91 Å². The maximum absolute atomic E-state index is 11.9.